The van der Waals surface area contributed by atoms with Crippen molar-refractivity contribution in [3.8, 4) is 33.6 Å². The summed E-state index contributed by atoms with van der Waals surface area (Å²) in [6, 6.07) is 14.6. The number of rotatable bonds is 11. The van der Waals surface area contributed by atoms with Crippen LogP contribution in [0.2, 0.25) is 0 Å². The number of nitrogens with one attached hydrogen (secondary N) is 4. The fraction of sp³-hybridized carbons (Fsp3) is 0.500. The largest absolute Gasteiger partial charge is 0.453 e. The van der Waals surface area contributed by atoms with Crippen LogP contribution in [0.1, 0.15) is 101 Å². The van der Waals surface area contributed by atoms with Crippen LogP contribution in [0.4, 0.5) is 9.59 Å². The van der Waals surface area contributed by atoms with Crippen LogP contribution in [0.25, 0.3) is 33.6 Å². The van der Waals surface area contributed by atoms with Crippen LogP contribution in [0.15, 0.2) is 60.9 Å². The van der Waals surface area contributed by atoms with Crippen molar-refractivity contribution in [3.63, 3.8) is 0 Å². The number of likely N-dealkylation sites (tertiary alicyclic amines) is 2. The number of Topliss-reactive ketones (excluding diaryl/α,β-unsaturated/α-hetero) is 2. The third-order valence-electron chi connectivity index (χ3n) is 14.8. The van der Waals surface area contributed by atoms with Gasteiger partial charge in [0.15, 0.2) is 0 Å². The number of amides is 4. The summed E-state index contributed by atoms with van der Waals surface area (Å²) in [4.78, 5) is 97.8. The zero-order chi connectivity index (χ0) is 44.2. The summed E-state index contributed by atoms with van der Waals surface area (Å²) in [7, 11) is 2.58. The van der Waals surface area contributed by atoms with Gasteiger partial charge in [0.2, 0.25) is 11.8 Å². The second-order valence-electron chi connectivity index (χ2n) is 18.6. The van der Waals surface area contributed by atoms with Crippen molar-refractivity contribution in [1.82, 2.24) is 40.4 Å². The predicted octanol–water partition coefficient (Wildman–Crippen LogP) is 6.43. The number of ether oxygens (including phenoxy) is 2. The summed E-state index contributed by atoms with van der Waals surface area (Å²) in [6.45, 7) is 0. The minimum atomic E-state index is -0.764. The SMILES string of the molecule is COC(=O)NC(C(=O)N1[C@@H]2C[C@@H]2C[C@H]1c1nc(-c2ccc(-c3ccc(-c4c[nH]c([C@@H]5C[C@H]6C[C@H]6N5C(=O)C(NC(=O)OC)C5CCC(=O)CC5)n4)cc3)cc2)c[nH]1)C1CCC(=O)CC1. The third-order valence-corrected chi connectivity index (χ3v) is 14.8. The van der Waals surface area contributed by atoms with Gasteiger partial charge in [0.05, 0.1) is 37.7 Å². The van der Waals surface area contributed by atoms with Gasteiger partial charge in [-0.25, -0.2) is 19.6 Å². The summed E-state index contributed by atoms with van der Waals surface area (Å²) in [6.07, 6.45) is 9.77. The second kappa shape index (κ2) is 17.0. The van der Waals surface area contributed by atoms with Crippen molar-refractivity contribution in [2.24, 2.45) is 23.7 Å². The molecule has 4 N–H and O–H groups in total. The van der Waals surface area contributed by atoms with Crippen LogP contribution in [-0.4, -0.2) is 104 Å². The van der Waals surface area contributed by atoms with Gasteiger partial charge in [-0.3, -0.25) is 19.2 Å². The molecule has 4 aromatic rings. The fourth-order valence-electron chi connectivity index (χ4n) is 11.1. The minimum Gasteiger partial charge on any atom is -0.453 e. The molecule has 16 heteroatoms. The maximum atomic E-state index is 14.2. The number of alkyl carbamates (subject to hydrolysis) is 2. The van der Waals surface area contributed by atoms with Gasteiger partial charge in [0, 0.05) is 61.3 Å². The van der Waals surface area contributed by atoms with E-state index in [-0.39, 0.29) is 59.4 Å². The maximum Gasteiger partial charge on any atom is 0.407 e. The van der Waals surface area contributed by atoms with E-state index >= 15 is 0 Å². The molecule has 16 nitrogen and oxygen atoms in total. The molecule has 4 heterocycles. The number of hydrogen-bond donors (Lipinski definition) is 4. The Bertz CT molecular complexity index is 2270. The fourth-order valence-corrected chi connectivity index (χ4v) is 11.1. The van der Waals surface area contributed by atoms with E-state index in [4.69, 9.17) is 19.4 Å². The molecule has 64 heavy (non-hydrogen) atoms. The third kappa shape index (κ3) is 8.06. The number of imidazole rings is 2. The van der Waals surface area contributed by atoms with Crippen molar-refractivity contribution in [2.45, 2.75) is 113 Å². The van der Waals surface area contributed by atoms with E-state index in [2.05, 4.69) is 44.9 Å². The van der Waals surface area contributed by atoms with Gasteiger partial charge in [0.25, 0.3) is 0 Å². The number of carbonyl (C=O) groups excluding carboxylic acids is 6. The summed E-state index contributed by atoms with van der Waals surface area (Å²) >= 11 is 0. The van der Waals surface area contributed by atoms with Crippen molar-refractivity contribution in [1.29, 1.82) is 0 Å². The Morgan fingerprint density at radius 3 is 1.30 bits per heavy atom. The number of piperidine rings is 2. The second-order valence-corrected chi connectivity index (χ2v) is 18.6. The monoisotopic (exact) mass is 870 g/mol. The number of fused-ring (bicyclic) bond motifs is 2. The Balaban J connectivity index is 0.803. The Morgan fingerprint density at radius 2 is 0.938 bits per heavy atom. The van der Waals surface area contributed by atoms with E-state index in [0.29, 0.717) is 63.2 Å². The molecule has 2 saturated heterocycles. The lowest BCUT2D eigenvalue weighted by Crippen LogP contribution is -2.53. The van der Waals surface area contributed by atoms with E-state index in [1.165, 1.54) is 14.2 Å². The van der Waals surface area contributed by atoms with E-state index in [1.54, 1.807) is 0 Å². The number of aromatic nitrogens is 4. The Kier molecular flexibility index (Phi) is 11.1. The first-order valence-corrected chi connectivity index (χ1v) is 22.7. The van der Waals surface area contributed by atoms with E-state index in [9.17, 15) is 28.8 Å². The average molecular weight is 871 g/mol. The maximum absolute atomic E-state index is 14.2. The highest BCUT2D eigenvalue weighted by atomic mass is 16.5. The number of H-pyrrole nitrogens is 2. The highest BCUT2D eigenvalue weighted by Crippen LogP contribution is 2.55. The molecule has 6 fully saturated rings. The number of nitrogens with zero attached hydrogens (tertiary/aromatic N) is 4. The average Bonchev–Trinajstić information content (AvgIpc) is 3.90. The number of ketones is 2. The topological polar surface area (TPSA) is 209 Å². The molecule has 2 aromatic heterocycles. The number of methoxy groups -OCH3 is 2. The first-order chi connectivity index (χ1) is 31.1. The summed E-state index contributed by atoms with van der Waals surface area (Å²) in [5.41, 5.74) is 5.48. The number of carbonyl (C=O) groups is 6. The lowest BCUT2D eigenvalue weighted by Gasteiger charge is -2.35. The Hall–Kier alpha value is -6.32. The summed E-state index contributed by atoms with van der Waals surface area (Å²) in [5, 5.41) is 5.61. The van der Waals surface area contributed by atoms with E-state index in [0.717, 1.165) is 71.0 Å². The highest BCUT2D eigenvalue weighted by Gasteiger charge is 2.58. The van der Waals surface area contributed by atoms with Crippen LogP contribution in [-0.2, 0) is 28.7 Å². The van der Waals surface area contributed by atoms with Crippen LogP contribution in [0, 0.1) is 23.7 Å². The molecule has 0 spiro atoms. The molecule has 10 rings (SSSR count). The minimum absolute atomic E-state index is 0.107. The molecule has 0 radical (unpaired) electrons. The molecule has 2 aromatic carbocycles. The van der Waals surface area contributed by atoms with Gasteiger partial charge in [-0.05, 0) is 86.2 Å². The van der Waals surface area contributed by atoms with E-state index in [1.807, 2.05) is 46.5 Å². The molecule has 0 bridgehead atoms. The predicted molar refractivity (Wildman–Crippen MR) is 232 cm³/mol. The standard InChI is InChI=1S/C48H54N8O8/c1-63-47(61)53-41(29-11-15-33(57)16-12-29)45(59)55-37-19-31(37)21-39(55)43-49-23-35(51-43)27-7-3-25(4-8-27)26-5-9-28(10-6-26)36-24-50-44(52-36)40-22-32-20-38(32)56(40)46(60)42(54-48(62)64-2)30-13-17-34(58)18-14-30/h3-10,23-24,29-32,37-42H,11-22H2,1-2H3,(H,49,51)(H,50,52)(H,53,61)(H,54,62)/t31-,32-,37-,38-,39+,40+,41?,42?/m1/s1. The first-order valence-electron chi connectivity index (χ1n) is 22.7. The van der Waals surface area contributed by atoms with Gasteiger partial charge in [-0.15, -0.1) is 0 Å². The van der Waals surface area contributed by atoms with Gasteiger partial charge in [0.1, 0.15) is 35.3 Å². The number of aromatic amines is 2. The number of hydrogen-bond acceptors (Lipinski definition) is 10. The number of benzene rings is 2. The van der Waals surface area contributed by atoms with E-state index < -0.39 is 24.3 Å². The molecular formula is C48H54N8O8. The van der Waals surface area contributed by atoms with Gasteiger partial charge >= 0.3 is 12.2 Å². The molecule has 334 valence electrons. The van der Waals surface area contributed by atoms with Gasteiger partial charge < -0.3 is 39.9 Å². The normalized spacial score (nSPS) is 26.2. The lowest BCUT2D eigenvalue weighted by atomic mass is 9.82. The zero-order valence-electron chi connectivity index (χ0n) is 36.1. The zero-order valence-corrected chi connectivity index (χ0v) is 36.1. The molecule has 8 atom stereocenters. The highest BCUT2D eigenvalue weighted by molar-refractivity contribution is 5.89. The van der Waals surface area contributed by atoms with Crippen LogP contribution in [0.5, 0.6) is 0 Å². The molecular weight excluding hydrogens is 817 g/mol. The molecule has 4 amide bonds. The molecule has 4 saturated carbocycles. The summed E-state index contributed by atoms with van der Waals surface area (Å²) in [5.74, 6) is 2.05. The van der Waals surface area contributed by atoms with Crippen molar-refractivity contribution < 1.29 is 38.2 Å². The Morgan fingerprint density at radius 1 is 0.578 bits per heavy atom. The van der Waals surface area contributed by atoms with Crippen LogP contribution in [0.3, 0.4) is 0 Å². The lowest BCUT2D eigenvalue weighted by molar-refractivity contribution is -0.138. The molecule has 2 aliphatic heterocycles. The van der Waals surface area contributed by atoms with Gasteiger partial charge in [-0.2, -0.15) is 0 Å². The molecule has 6 aliphatic rings. The van der Waals surface area contributed by atoms with Crippen molar-refractivity contribution in [2.75, 3.05) is 14.2 Å². The van der Waals surface area contributed by atoms with Crippen LogP contribution >= 0.6 is 0 Å². The summed E-state index contributed by atoms with van der Waals surface area (Å²) < 4.78 is 9.78. The first kappa shape index (κ1) is 41.7. The van der Waals surface area contributed by atoms with Crippen LogP contribution < -0.4 is 10.6 Å². The van der Waals surface area contributed by atoms with Crippen molar-refractivity contribution >= 4 is 35.6 Å². The quantitative estimate of drug-likeness (QED) is 0.130. The van der Waals surface area contributed by atoms with Crippen molar-refractivity contribution in [3.05, 3.63) is 72.6 Å². The van der Waals surface area contributed by atoms with Gasteiger partial charge in [-0.1, -0.05) is 48.5 Å². The Labute approximate surface area is 370 Å². The molecule has 2 unspecified atom stereocenters. The smallest absolute Gasteiger partial charge is 0.407 e. The molecule has 4 aliphatic carbocycles.